The SMILES string of the molecule is Cc1ncc(C(C)C)c(N2CCCNC(=O)C2)n1. The lowest BCUT2D eigenvalue weighted by atomic mass is 10.1. The fourth-order valence-electron chi connectivity index (χ4n) is 2.11. The third-order valence-electron chi connectivity index (χ3n) is 3.10. The quantitative estimate of drug-likeness (QED) is 0.855. The van der Waals surface area contributed by atoms with E-state index in [1.54, 1.807) is 0 Å². The van der Waals surface area contributed by atoms with Crippen LogP contribution >= 0.6 is 0 Å². The van der Waals surface area contributed by atoms with Crippen molar-refractivity contribution in [2.75, 3.05) is 24.5 Å². The summed E-state index contributed by atoms with van der Waals surface area (Å²) in [6.45, 7) is 8.11. The van der Waals surface area contributed by atoms with E-state index in [1.165, 1.54) is 0 Å². The molecule has 0 atom stereocenters. The molecular formula is C13H20N4O. The summed E-state index contributed by atoms with van der Waals surface area (Å²) >= 11 is 0. The average Bonchev–Trinajstić information content (AvgIpc) is 2.53. The van der Waals surface area contributed by atoms with Crippen molar-refractivity contribution in [3.8, 4) is 0 Å². The molecule has 98 valence electrons. The molecule has 0 radical (unpaired) electrons. The molecule has 5 nitrogen and oxygen atoms in total. The number of hydrogen-bond acceptors (Lipinski definition) is 4. The maximum Gasteiger partial charge on any atom is 0.239 e. The highest BCUT2D eigenvalue weighted by molar-refractivity contribution is 5.81. The number of rotatable bonds is 2. The van der Waals surface area contributed by atoms with Gasteiger partial charge in [-0.25, -0.2) is 9.97 Å². The molecule has 0 unspecified atom stereocenters. The van der Waals surface area contributed by atoms with Crippen molar-refractivity contribution in [2.24, 2.45) is 0 Å². The van der Waals surface area contributed by atoms with Gasteiger partial charge in [0.1, 0.15) is 11.6 Å². The van der Waals surface area contributed by atoms with Crippen molar-refractivity contribution in [1.29, 1.82) is 0 Å². The molecular weight excluding hydrogens is 228 g/mol. The zero-order valence-corrected chi connectivity index (χ0v) is 11.2. The van der Waals surface area contributed by atoms with Crippen LogP contribution in [0.1, 0.15) is 37.6 Å². The molecule has 18 heavy (non-hydrogen) atoms. The summed E-state index contributed by atoms with van der Waals surface area (Å²) in [5.41, 5.74) is 1.11. The highest BCUT2D eigenvalue weighted by Gasteiger charge is 2.20. The predicted molar refractivity (Wildman–Crippen MR) is 70.7 cm³/mol. The van der Waals surface area contributed by atoms with Gasteiger partial charge in [-0.05, 0) is 19.3 Å². The predicted octanol–water partition coefficient (Wildman–Crippen LogP) is 1.23. The first kappa shape index (κ1) is 12.8. The molecule has 1 N–H and O–H groups in total. The lowest BCUT2D eigenvalue weighted by molar-refractivity contribution is -0.119. The normalized spacial score (nSPS) is 16.7. The number of nitrogens with one attached hydrogen (secondary N) is 1. The van der Waals surface area contributed by atoms with Gasteiger partial charge in [0.15, 0.2) is 0 Å². The lowest BCUT2D eigenvalue weighted by Crippen LogP contribution is -2.34. The van der Waals surface area contributed by atoms with Crippen LogP contribution in [0.2, 0.25) is 0 Å². The van der Waals surface area contributed by atoms with Crippen LogP contribution in [0.25, 0.3) is 0 Å². The highest BCUT2D eigenvalue weighted by atomic mass is 16.2. The third-order valence-corrected chi connectivity index (χ3v) is 3.10. The number of anilines is 1. The van der Waals surface area contributed by atoms with Crippen molar-refractivity contribution < 1.29 is 4.79 Å². The Balaban J connectivity index is 2.35. The summed E-state index contributed by atoms with van der Waals surface area (Å²) in [4.78, 5) is 22.5. The maximum atomic E-state index is 11.6. The summed E-state index contributed by atoms with van der Waals surface area (Å²) < 4.78 is 0. The Hall–Kier alpha value is -1.65. The molecule has 1 aromatic heterocycles. The first-order valence-corrected chi connectivity index (χ1v) is 6.43. The summed E-state index contributed by atoms with van der Waals surface area (Å²) in [5, 5.41) is 2.88. The number of amides is 1. The van der Waals surface area contributed by atoms with E-state index in [1.807, 2.05) is 13.1 Å². The van der Waals surface area contributed by atoms with Crippen LogP contribution in [0.3, 0.4) is 0 Å². The maximum absolute atomic E-state index is 11.6. The smallest absolute Gasteiger partial charge is 0.239 e. The van der Waals surface area contributed by atoms with E-state index in [-0.39, 0.29) is 5.91 Å². The molecule has 1 amide bonds. The second kappa shape index (κ2) is 5.33. The van der Waals surface area contributed by atoms with Crippen LogP contribution in [-0.4, -0.2) is 35.5 Å². The topological polar surface area (TPSA) is 58.1 Å². The van der Waals surface area contributed by atoms with Gasteiger partial charge in [0.05, 0.1) is 6.54 Å². The van der Waals surface area contributed by atoms with Gasteiger partial charge >= 0.3 is 0 Å². The fourth-order valence-corrected chi connectivity index (χ4v) is 2.11. The Labute approximate surface area is 108 Å². The number of nitrogens with zero attached hydrogens (tertiary/aromatic N) is 3. The van der Waals surface area contributed by atoms with Gasteiger partial charge < -0.3 is 10.2 Å². The lowest BCUT2D eigenvalue weighted by Gasteiger charge is -2.24. The standard InChI is InChI=1S/C13H20N4O/c1-9(2)11-7-15-10(3)16-13(11)17-6-4-5-14-12(18)8-17/h7,9H,4-6,8H2,1-3H3,(H,14,18). The van der Waals surface area contributed by atoms with Crippen LogP contribution < -0.4 is 10.2 Å². The molecule has 1 aromatic rings. The Morgan fingerprint density at radius 2 is 2.22 bits per heavy atom. The van der Waals surface area contributed by atoms with Crippen LogP contribution in [0.5, 0.6) is 0 Å². The largest absolute Gasteiger partial charge is 0.354 e. The number of carbonyl (C=O) groups is 1. The Kier molecular flexibility index (Phi) is 3.79. The van der Waals surface area contributed by atoms with E-state index in [9.17, 15) is 4.79 Å². The van der Waals surface area contributed by atoms with Crippen LogP contribution in [-0.2, 0) is 4.79 Å². The number of hydrogen-bond donors (Lipinski definition) is 1. The summed E-state index contributed by atoms with van der Waals surface area (Å²) in [6.07, 6.45) is 2.83. The van der Waals surface area contributed by atoms with Crippen molar-refractivity contribution in [3.63, 3.8) is 0 Å². The third kappa shape index (κ3) is 2.78. The molecule has 0 bridgehead atoms. The van der Waals surface area contributed by atoms with Gasteiger partial charge in [0.2, 0.25) is 5.91 Å². The molecule has 2 rings (SSSR count). The van der Waals surface area contributed by atoms with Crippen LogP contribution in [0.15, 0.2) is 6.20 Å². The molecule has 5 heteroatoms. The minimum Gasteiger partial charge on any atom is -0.354 e. The number of carbonyl (C=O) groups excluding carboxylic acids is 1. The second-order valence-electron chi connectivity index (χ2n) is 4.98. The zero-order chi connectivity index (χ0) is 13.1. The van der Waals surface area contributed by atoms with Crippen molar-refractivity contribution in [1.82, 2.24) is 15.3 Å². The molecule has 2 heterocycles. The molecule has 0 spiro atoms. The molecule has 1 saturated heterocycles. The fraction of sp³-hybridized carbons (Fsp3) is 0.615. The molecule has 0 aromatic carbocycles. The minimum atomic E-state index is 0.0680. The van der Waals surface area contributed by atoms with Crippen molar-refractivity contribution in [2.45, 2.75) is 33.1 Å². The Morgan fingerprint density at radius 1 is 1.44 bits per heavy atom. The van der Waals surface area contributed by atoms with Gasteiger partial charge in [-0.15, -0.1) is 0 Å². The molecule has 1 aliphatic rings. The summed E-state index contributed by atoms with van der Waals surface area (Å²) in [7, 11) is 0. The van der Waals surface area contributed by atoms with Gasteiger partial charge in [-0.2, -0.15) is 0 Å². The second-order valence-corrected chi connectivity index (χ2v) is 4.98. The zero-order valence-electron chi connectivity index (χ0n) is 11.2. The van der Waals surface area contributed by atoms with E-state index in [2.05, 4.69) is 34.0 Å². The van der Waals surface area contributed by atoms with E-state index in [4.69, 9.17) is 0 Å². The van der Waals surface area contributed by atoms with Gasteiger partial charge in [-0.1, -0.05) is 13.8 Å². The van der Waals surface area contributed by atoms with E-state index >= 15 is 0 Å². The first-order chi connectivity index (χ1) is 8.58. The van der Waals surface area contributed by atoms with E-state index in [0.29, 0.717) is 12.5 Å². The number of aryl methyl sites for hydroxylation is 1. The highest BCUT2D eigenvalue weighted by Crippen LogP contribution is 2.25. The Bertz CT molecular complexity index is 445. The first-order valence-electron chi connectivity index (χ1n) is 6.43. The van der Waals surface area contributed by atoms with E-state index < -0.39 is 0 Å². The van der Waals surface area contributed by atoms with E-state index in [0.717, 1.165) is 36.7 Å². The average molecular weight is 248 g/mol. The molecule has 1 aliphatic heterocycles. The molecule has 0 saturated carbocycles. The van der Waals surface area contributed by atoms with Gasteiger partial charge in [0.25, 0.3) is 0 Å². The number of aromatic nitrogens is 2. The summed E-state index contributed by atoms with van der Waals surface area (Å²) in [5.74, 6) is 2.08. The van der Waals surface area contributed by atoms with Gasteiger partial charge in [-0.3, -0.25) is 4.79 Å². The van der Waals surface area contributed by atoms with Crippen molar-refractivity contribution >= 4 is 11.7 Å². The molecule has 1 fully saturated rings. The van der Waals surface area contributed by atoms with Crippen molar-refractivity contribution in [3.05, 3.63) is 17.6 Å². The Morgan fingerprint density at radius 3 is 2.94 bits per heavy atom. The van der Waals surface area contributed by atoms with Crippen LogP contribution in [0, 0.1) is 6.92 Å². The van der Waals surface area contributed by atoms with Gasteiger partial charge in [0, 0.05) is 24.8 Å². The minimum absolute atomic E-state index is 0.0680. The van der Waals surface area contributed by atoms with Crippen LogP contribution in [0.4, 0.5) is 5.82 Å². The molecule has 0 aliphatic carbocycles. The monoisotopic (exact) mass is 248 g/mol. The summed E-state index contributed by atoms with van der Waals surface area (Å²) in [6, 6.07) is 0.